The number of ether oxygens (including phenoxy) is 1. The minimum Gasteiger partial charge on any atom is -0.376 e. The number of likely N-dealkylation sites (tertiary alicyclic amines) is 1. The number of nitrogens with one attached hydrogen (secondary N) is 2. The number of fused-ring (bicyclic) bond motifs is 4. The lowest BCUT2D eigenvalue weighted by Gasteiger charge is -2.36. The molecule has 32 heavy (non-hydrogen) atoms. The Morgan fingerprint density at radius 2 is 2.00 bits per heavy atom. The second kappa shape index (κ2) is 8.59. The molecule has 0 spiro atoms. The minimum absolute atomic E-state index is 0.122. The van der Waals surface area contributed by atoms with Gasteiger partial charge in [-0.2, -0.15) is 0 Å². The van der Waals surface area contributed by atoms with E-state index in [1.54, 1.807) is 0 Å². The highest BCUT2D eigenvalue weighted by Gasteiger charge is 2.42. The Balaban J connectivity index is 1.36. The van der Waals surface area contributed by atoms with Gasteiger partial charge in [-0.1, -0.05) is 46.3 Å². The van der Waals surface area contributed by atoms with E-state index in [1.165, 1.54) is 54.4 Å². The van der Waals surface area contributed by atoms with Crippen molar-refractivity contribution in [1.29, 1.82) is 0 Å². The molecule has 164 valence electrons. The zero-order valence-electron chi connectivity index (χ0n) is 18.2. The van der Waals surface area contributed by atoms with E-state index in [9.17, 15) is 0 Å². The summed E-state index contributed by atoms with van der Waals surface area (Å²) >= 11 is 3.65. The molecule has 0 amide bonds. The number of aromatic amines is 1. The maximum absolute atomic E-state index is 6.29. The molecule has 0 aliphatic carbocycles. The van der Waals surface area contributed by atoms with Crippen LogP contribution in [0.4, 0.5) is 5.69 Å². The molecule has 2 saturated heterocycles. The molecule has 0 bridgehead atoms. The van der Waals surface area contributed by atoms with E-state index in [-0.39, 0.29) is 12.1 Å². The first kappa shape index (κ1) is 20.4. The van der Waals surface area contributed by atoms with Crippen molar-refractivity contribution in [3.8, 4) is 11.8 Å². The number of nitrogens with zero attached hydrogens (tertiary/aromatic N) is 1. The lowest BCUT2D eigenvalue weighted by molar-refractivity contribution is 0.0830. The van der Waals surface area contributed by atoms with Gasteiger partial charge < -0.3 is 15.0 Å². The van der Waals surface area contributed by atoms with E-state index in [0.717, 1.165) is 35.3 Å². The van der Waals surface area contributed by atoms with Crippen LogP contribution < -0.4 is 5.32 Å². The zero-order valence-corrected chi connectivity index (χ0v) is 19.7. The molecule has 4 nitrogen and oxygen atoms in total. The maximum atomic E-state index is 6.29. The highest BCUT2D eigenvalue weighted by atomic mass is 79.9. The number of para-hydroxylation sites is 1. The lowest BCUT2D eigenvalue weighted by Crippen LogP contribution is -2.30. The number of aromatic nitrogens is 1. The molecular formula is C27H28BrN3O. The average molecular weight is 490 g/mol. The predicted molar refractivity (Wildman–Crippen MR) is 133 cm³/mol. The third-order valence-corrected chi connectivity index (χ3v) is 7.75. The second-order valence-electron chi connectivity index (χ2n) is 9.21. The van der Waals surface area contributed by atoms with Gasteiger partial charge in [-0.3, -0.25) is 4.90 Å². The van der Waals surface area contributed by atoms with Crippen LogP contribution in [0, 0.1) is 17.8 Å². The molecule has 3 atom stereocenters. The molecule has 3 aliphatic heterocycles. The summed E-state index contributed by atoms with van der Waals surface area (Å²) in [5.41, 5.74) is 5.97. The first-order valence-electron chi connectivity index (χ1n) is 11.8. The van der Waals surface area contributed by atoms with Crippen molar-refractivity contribution in [2.45, 2.75) is 37.8 Å². The second-order valence-corrected chi connectivity index (χ2v) is 10.1. The predicted octanol–water partition coefficient (Wildman–Crippen LogP) is 6.01. The summed E-state index contributed by atoms with van der Waals surface area (Å²) in [5, 5.41) is 5.17. The van der Waals surface area contributed by atoms with E-state index >= 15 is 0 Å². The van der Waals surface area contributed by atoms with Gasteiger partial charge in [0.1, 0.15) is 0 Å². The fourth-order valence-electron chi connectivity index (χ4n) is 5.65. The Kier molecular flexibility index (Phi) is 5.46. The number of rotatable bonds is 2. The van der Waals surface area contributed by atoms with E-state index in [1.807, 2.05) is 0 Å². The van der Waals surface area contributed by atoms with Crippen molar-refractivity contribution in [3.05, 3.63) is 63.8 Å². The molecule has 3 unspecified atom stereocenters. The van der Waals surface area contributed by atoms with Crippen LogP contribution >= 0.6 is 15.9 Å². The number of halogens is 1. The normalized spacial score (nSPS) is 25.0. The van der Waals surface area contributed by atoms with Crippen LogP contribution in [0.5, 0.6) is 0 Å². The van der Waals surface area contributed by atoms with Gasteiger partial charge in [-0.15, -0.1) is 0 Å². The summed E-state index contributed by atoms with van der Waals surface area (Å²) in [7, 11) is 0. The largest absolute Gasteiger partial charge is 0.376 e. The van der Waals surface area contributed by atoms with Gasteiger partial charge in [0.05, 0.1) is 24.4 Å². The number of benzene rings is 2. The fraction of sp³-hybridized carbons (Fsp3) is 0.407. The molecule has 3 aliphatic rings. The molecule has 2 N–H and O–H groups in total. The fourth-order valence-corrected chi connectivity index (χ4v) is 6.01. The molecule has 2 aromatic carbocycles. The first-order chi connectivity index (χ1) is 15.8. The summed E-state index contributed by atoms with van der Waals surface area (Å²) < 4.78 is 7.39. The highest BCUT2D eigenvalue weighted by Crippen LogP contribution is 2.51. The Morgan fingerprint density at radius 3 is 2.91 bits per heavy atom. The molecule has 4 heterocycles. The standard InChI is InChI=1S/C27H28BrN3O/c28-19-9-10-24-22(16-19)23(17-29-24)26-21-11-15-32-27(21)20-8-4-6-18(25(20)30-26)7-5-14-31-12-2-1-3-13-31/h4,6,8-10,16-17,21,26-27,29-30H,1-3,11-15H2. The van der Waals surface area contributed by atoms with E-state index < -0.39 is 0 Å². The van der Waals surface area contributed by atoms with Gasteiger partial charge in [-0.25, -0.2) is 0 Å². The summed E-state index contributed by atoms with van der Waals surface area (Å²) in [4.78, 5) is 5.94. The van der Waals surface area contributed by atoms with Crippen LogP contribution in [-0.4, -0.2) is 36.1 Å². The number of hydrogen-bond donors (Lipinski definition) is 2. The summed E-state index contributed by atoms with van der Waals surface area (Å²) in [6.07, 6.45) is 7.30. The van der Waals surface area contributed by atoms with Crippen LogP contribution in [0.25, 0.3) is 10.9 Å². The number of piperidine rings is 1. The van der Waals surface area contributed by atoms with Crippen molar-refractivity contribution in [1.82, 2.24) is 9.88 Å². The number of H-pyrrole nitrogens is 1. The smallest absolute Gasteiger partial charge is 0.0897 e. The number of anilines is 1. The van der Waals surface area contributed by atoms with Gasteiger partial charge in [0.25, 0.3) is 0 Å². The van der Waals surface area contributed by atoms with Crippen LogP contribution in [0.1, 0.15) is 54.5 Å². The van der Waals surface area contributed by atoms with Gasteiger partial charge in [0, 0.05) is 50.8 Å². The quantitative estimate of drug-likeness (QED) is 0.432. The molecule has 3 aromatic rings. The Morgan fingerprint density at radius 1 is 1.09 bits per heavy atom. The third-order valence-electron chi connectivity index (χ3n) is 7.25. The molecule has 6 rings (SSSR count). The Labute approximate surface area is 197 Å². The van der Waals surface area contributed by atoms with E-state index in [0.29, 0.717) is 5.92 Å². The van der Waals surface area contributed by atoms with E-state index in [4.69, 9.17) is 4.74 Å². The van der Waals surface area contributed by atoms with Gasteiger partial charge in [0.15, 0.2) is 0 Å². The van der Waals surface area contributed by atoms with Gasteiger partial charge in [0.2, 0.25) is 0 Å². The van der Waals surface area contributed by atoms with Crippen LogP contribution in [-0.2, 0) is 4.74 Å². The minimum atomic E-state index is 0.122. The topological polar surface area (TPSA) is 40.3 Å². The van der Waals surface area contributed by atoms with Crippen molar-refractivity contribution in [2.24, 2.45) is 5.92 Å². The van der Waals surface area contributed by atoms with Crippen LogP contribution in [0.2, 0.25) is 0 Å². The monoisotopic (exact) mass is 489 g/mol. The summed E-state index contributed by atoms with van der Waals surface area (Å²) in [5.74, 6) is 7.35. The van der Waals surface area contributed by atoms with Gasteiger partial charge >= 0.3 is 0 Å². The third kappa shape index (κ3) is 3.65. The molecule has 5 heteroatoms. The molecule has 0 radical (unpaired) electrons. The molecule has 0 saturated carbocycles. The van der Waals surface area contributed by atoms with E-state index in [2.05, 4.69) is 85.6 Å². The van der Waals surface area contributed by atoms with Crippen LogP contribution in [0.3, 0.4) is 0 Å². The Hall–Kier alpha value is -2.26. The lowest BCUT2D eigenvalue weighted by atomic mass is 9.80. The highest BCUT2D eigenvalue weighted by molar-refractivity contribution is 9.10. The van der Waals surface area contributed by atoms with Crippen LogP contribution in [0.15, 0.2) is 47.1 Å². The molecule has 2 fully saturated rings. The Bertz CT molecular complexity index is 1200. The average Bonchev–Trinajstić information content (AvgIpc) is 3.47. The molecule has 1 aromatic heterocycles. The molecular weight excluding hydrogens is 462 g/mol. The van der Waals surface area contributed by atoms with Crippen molar-refractivity contribution in [3.63, 3.8) is 0 Å². The van der Waals surface area contributed by atoms with Crippen molar-refractivity contribution in [2.75, 3.05) is 31.6 Å². The summed E-state index contributed by atoms with van der Waals surface area (Å²) in [6.45, 7) is 4.02. The van der Waals surface area contributed by atoms with Crippen molar-refractivity contribution < 1.29 is 4.74 Å². The first-order valence-corrected chi connectivity index (χ1v) is 12.6. The number of hydrogen-bond acceptors (Lipinski definition) is 3. The zero-order chi connectivity index (χ0) is 21.5. The van der Waals surface area contributed by atoms with Gasteiger partial charge in [-0.05, 0) is 56.6 Å². The van der Waals surface area contributed by atoms with Crippen molar-refractivity contribution >= 4 is 32.5 Å². The SMILES string of the molecule is Brc1ccc2[nH]cc(C3Nc4c(C#CCN5CCCCC5)cccc4C4OCCC34)c2c1. The summed E-state index contributed by atoms with van der Waals surface area (Å²) in [6, 6.07) is 13.1. The maximum Gasteiger partial charge on any atom is 0.0897 e.